The fraction of sp³-hybridized carbons (Fsp3) is 0.316. The Hall–Kier alpha value is -2.73. The minimum atomic E-state index is -0.508. The van der Waals surface area contributed by atoms with Crippen molar-refractivity contribution in [3.8, 4) is 0 Å². The predicted molar refractivity (Wildman–Crippen MR) is 95.5 cm³/mol. The van der Waals surface area contributed by atoms with Crippen LogP contribution in [0.5, 0.6) is 0 Å². The standard InChI is InChI=1S/C19H22N4O2/c20-18(24)17(14-7-2-1-3-8-14)23-12-6-9-15(13-23)19(25)22-16-10-4-5-11-21-16/h1-5,7-8,10-11,15,17H,6,9,12-13H2,(H2,20,24)(H,21,22,25). The summed E-state index contributed by atoms with van der Waals surface area (Å²) in [5.74, 6) is -0.114. The molecule has 2 unspecified atom stereocenters. The fourth-order valence-electron chi connectivity index (χ4n) is 3.31. The van der Waals surface area contributed by atoms with Crippen LogP contribution >= 0.6 is 0 Å². The van der Waals surface area contributed by atoms with E-state index < -0.39 is 11.9 Å². The normalized spacial score (nSPS) is 19.1. The number of nitrogens with two attached hydrogens (primary N) is 1. The van der Waals surface area contributed by atoms with Gasteiger partial charge in [0, 0.05) is 12.7 Å². The van der Waals surface area contributed by atoms with Gasteiger partial charge >= 0.3 is 0 Å². The second-order valence-corrected chi connectivity index (χ2v) is 6.25. The van der Waals surface area contributed by atoms with Crippen molar-refractivity contribution in [3.63, 3.8) is 0 Å². The topological polar surface area (TPSA) is 88.3 Å². The summed E-state index contributed by atoms with van der Waals surface area (Å²) in [4.78, 5) is 30.7. The Morgan fingerprint density at radius 3 is 2.60 bits per heavy atom. The number of carbonyl (C=O) groups is 2. The third-order valence-corrected chi connectivity index (χ3v) is 4.49. The molecule has 3 rings (SSSR count). The molecule has 0 spiro atoms. The van der Waals surface area contributed by atoms with Crippen LogP contribution in [0.2, 0.25) is 0 Å². The molecular weight excluding hydrogens is 316 g/mol. The summed E-state index contributed by atoms with van der Waals surface area (Å²) in [6.07, 6.45) is 3.27. The maximum Gasteiger partial charge on any atom is 0.239 e. The first-order valence-corrected chi connectivity index (χ1v) is 8.45. The van der Waals surface area contributed by atoms with Gasteiger partial charge in [0.15, 0.2) is 0 Å². The summed E-state index contributed by atoms with van der Waals surface area (Å²) in [5.41, 5.74) is 6.52. The number of hydrogen-bond acceptors (Lipinski definition) is 4. The Morgan fingerprint density at radius 2 is 1.92 bits per heavy atom. The van der Waals surface area contributed by atoms with E-state index in [0.717, 1.165) is 24.9 Å². The molecule has 2 amide bonds. The van der Waals surface area contributed by atoms with E-state index in [1.165, 1.54) is 0 Å². The quantitative estimate of drug-likeness (QED) is 0.872. The molecule has 1 aliphatic heterocycles. The molecule has 0 aliphatic carbocycles. The van der Waals surface area contributed by atoms with Crippen molar-refractivity contribution < 1.29 is 9.59 Å². The number of piperidine rings is 1. The largest absolute Gasteiger partial charge is 0.368 e. The van der Waals surface area contributed by atoms with E-state index in [2.05, 4.69) is 10.3 Å². The van der Waals surface area contributed by atoms with Crippen molar-refractivity contribution in [3.05, 3.63) is 60.3 Å². The number of nitrogens with one attached hydrogen (secondary N) is 1. The first kappa shape index (κ1) is 17.1. The van der Waals surface area contributed by atoms with Gasteiger partial charge < -0.3 is 11.1 Å². The maximum absolute atomic E-state index is 12.5. The minimum absolute atomic E-state index is 0.0697. The van der Waals surface area contributed by atoms with Gasteiger partial charge in [0.25, 0.3) is 0 Å². The van der Waals surface area contributed by atoms with Gasteiger partial charge in [-0.05, 0) is 37.1 Å². The molecule has 2 atom stereocenters. The van der Waals surface area contributed by atoms with E-state index >= 15 is 0 Å². The van der Waals surface area contributed by atoms with Gasteiger partial charge in [-0.3, -0.25) is 14.5 Å². The zero-order valence-electron chi connectivity index (χ0n) is 14.0. The van der Waals surface area contributed by atoms with Crippen molar-refractivity contribution in [2.75, 3.05) is 18.4 Å². The van der Waals surface area contributed by atoms with Crippen LogP contribution in [0, 0.1) is 5.92 Å². The van der Waals surface area contributed by atoms with Crippen LogP contribution in [0.3, 0.4) is 0 Å². The molecule has 6 nitrogen and oxygen atoms in total. The highest BCUT2D eigenvalue weighted by Crippen LogP contribution is 2.27. The lowest BCUT2D eigenvalue weighted by Gasteiger charge is -2.36. The van der Waals surface area contributed by atoms with Crippen molar-refractivity contribution in [1.82, 2.24) is 9.88 Å². The van der Waals surface area contributed by atoms with Gasteiger partial charge in [0.2, 0.25) is 11.8 Å². The molecule has 2 heterocycles. The maximum atomic E-state index is 12.5. The highest BCUT2D eigenvalue weighted by atomic mass is 16.2. The third kappa shape index (κ3) is 4.22. The minimum Gasteiger partial charge on any atom is -0.368 e. The van der Waals surface area contributed by atoms with E-state index in [4.69, 9.17) is 5.73 Å². The van der Waals surface area contributed by atoms with Crippen molar-refractivity contribution in [1.29, 1.82) is 0 Å². The van der Waals surface area contributed by atoms with Crippen molar-refractivity contribution in [2.24, 2.45) is 11.7 Å². The Kier molecular flexibility index (Phi) is 5.40. The van der Waals surface area contributed by atoms with Gasteiger partial charge in [0.05, 0.1) is 5.92 Å². The molecule has 1 aromatic heterocycles. The lowest BCUT2D eigenvalue weighted by Crippen LogP contribution is -2.46. The Morgan fingerprint density at radius 1 is 1.16 bits per heavy atom. The molecule has 1 saturated heterocycles. The summed E-state index contributed by atoms with van der Waals surface area (Å²) >= 11 is 0. The van der Waals surface area contributed by atoms with Crippen LogP contribution in [-0.4, -0.2) is 34.8 Å². The second kappa shape index (κ2) is 7.90. The average molecular weight is 338 g/mol. The van der Waals surface area contributed by atoms with Crippen LogP contribution in [0.4, 0.5) is 5.82 Å². The van der Waals surface area contributed by atoms with Crippen LogP contribution in [0.1, 0.15) is 24.4 Å². The number of hydrogen-bond donors (Lipinski definition) is 2. The zero-order valence-corrected chi connectivity index (χ0v) is 14.0. The molecule has 3 N–H and O–H groups in total. The number of aromatic nitrogens is 1. The third-order valence-electron chi connectivity index (χ3n) is 4.49. The molecule has 1 fully saturated rings. The Balaban J connectivity index is 1.71. The van der Waals surface area contributed by atoms with Crippen LogP contribution in [0.15, 0.2) is 54.7 Å². The van der Waals surface area contributed by atoms with Crippen LogP contribution in [0.25, 0.3) is 0 Å². The van der Waals surface area contributed by atoms with Crippen molar-refractivity contribution in [2.45, 2.75) is 18.9 Å². The highest BCUT2D eigenvalue weighted by Gasteiger charge is 2.33. The molecule has 0 saturated carbocycles. The van der Waals surface area contributed by atoms with Crippen LogP contribution in [-0.2, 0) is 9.59 Å². The number of nitrogens with zero attached hydrogens (tertiary/aromatic N) is 2. The first-order valence-electron chi connectivity index (χ1n) is 8.45. The van der Waals surface area contributed by atoms with E-state index in [1.807, 2.05) is 41.3 Å². The molecule has 6 heteroatoms. The average Bonchev–Trinajstić information content (AvgIpc) is 2.63. The molecule has 0 bridgehead atoms. The van der Waals surface area contributed by atoms with Gasteiger partial charge in [-0.1, -0.05) is 36.4 Å². The van der Waals surface area contributed by atoms with E-state index in [-0.39, 0.29) is 11.8 Å². The number of primary amides is 1. The number of carbonyl (C=O) groups excluding carboxylic acids is 2. The smallest absolute Gasteiger partial charge is 0.239 e. The van der Waals surface area contributed by atoms with E-state index in [0.29, 0.717) is 12.4 Å². The zero-order chi connectivity index (χ0) is 17.6. The lowest BCUT2D eigenvalue weighted by molar-refractivity contribution is -0.127. The molecule has 1 aromatic carbocycles. The summed E-state index contributed by atoms with van der Waals surface area (Å²) in [7, 11) is 0. The van der Waals surface area contributed by atoms with E-state index in [9.17, 15) is 9.59 Å². The molecule has 1 aliphatic rings. The second-order valence-electron chi connectivity index (χ2n) is 6.25. The number of rotatable bonds is 5. The summed E-state index contributed by atoms with van der Waals surface area (Å²) < 4.78 is 0. The molecule has 2 aromatic rings. The SMILES string of the molecule is NC(=O)C(c1ccccc1)N1CCCC(C(=O)Nc2ccccn2)C1. The summed E-state index contributed by atoms with van der Waals surface area (Å²) in [5, 5.41) is 2.85. The molecule has 25 heavy (non-hydrogen) atoms. The number of anilines is 1. The van der Waals surface area contributed by atoms with E-state index in [1.54, 1.807) is 18.3 Å². The number of amides is 2. The van der Waals surface area contributed by atoms with Gasteiger partial charge in [-0.25, -0.2) is 4.98 Å². The lowest BCUT2D eigenvalue weighted by atomic mass is 9.93. The Bertz CT molecular complexity index is 721. The molecule has 130 valence electrons. The number of benzene rings is 1. The van der Waals surface area contributed by atoms with Gasteiger partial charge in [0.1, 0.15) is 11.9 Å². The van der Waals surface area contributed by atoms with Gasteiger partial charge in [-0.15, -0.1) is 0 Å². The van der Waals surface area contributed by atoms with Crippen LogP contribution < -0.4 is 11.1 Å². The Labute approximate surface area is 147 Å². The number of likely N-dealkylation sites (tertiary alicyclic amines) is 1. The molecular formula is C19H22N4O2. The van der Waals surface area contributed by atoms with Gasteiger partial charge in [-0.2, -0.15) is 0 Å². The summed E-state index contributed by atoms with van der Waals surface area (Å²) in [6, 6.07) is 14.4. The summed E-state index contributed by atoms with van der Waals surface area (Å²) in [6.45, 7) is 1.25. The highest BCUT2D eigenvalue weighted by molar-refractivity contribution is 5.92. The first-order chi connectivity index (χ1) is 12.1. The van der Waals surface area contributed by atoms with Crippen molar-refractivity contribution >= 4 is 17.6 Å². The molecule has 0 radical (unpaired) electrons. The monoisotopic (exact) mass is 338 g/mol. The number of pyridine rings is 1. The predicted octanol–water partition coefficient (Wildman–Crippen LogP) is 1.96. The fourth-order valence-corrected chi connectivity index (χ4v) is 3.31.